The Balaban J connectivity index is 2.05. The summed E-state index contributed by atoms with van der Waals surface area (Å²) in [6.07, 6.45) is 0. The molecule has 0 aliphatic rings. The van der Waals surface area contributed by atoms with Gasteiger partial charge in [0.1, 0.15) is 24.4 Å². The largest absolute Gasteiger partial charge is 0.459 e. The third-order valence-corrected chi connectivity index (χ3v) is 2.88. The molecular weight excluding hydrogens is 302 g/mol. The highest BCUT2D eigenvalue weighted by Gasteiger charge is 2.15. The zero-order chi connectivity index (χ0) is 17.0. The van der Waals surface area contributed by atoms with Crippen LogP contribution in [0.25, 0.3) is 11.0 Å². The van der Waals surface area contributed by atoms with Crippen LogP contribution >= 0.6 is 0 Å². The van der Waals surface area contributed by atoms with E-state index >= 15 is 0 Å². The number of benzene rings is 1. The van der Waals surface area contributed by atoms with Gasteiger partial charge in [0.25, 0.3) is 0 Å². The van der Waals surface area contributed by atoms with E-state index in [4.69, 9.17) is 19.6 Å². The highest BCUT2D eigenvalue weighted by atomic mass is 16.6. The van der Waals surface area contributed by atoms with Crippen LogP contribution in [-0.4, -0.2) is 25.2 Å². The van der Waals surface area contributed by atoms with E-state index in [-0.39, 0.29) is 29.9 Å². The van der Waals surface area contributed by atoms with Gasteiger partial charge in [-0.15, -0.1) is 0 Å². The maximum Gasteiger partial charge on any atom is 0.351 e. The summed E-state index contributed by atoms with van der Waals surface area (Å²) in [4.78, 5) is 34.8. The second-order valence-corrected chi connectivity index (χ2v) is 4.80. The minimum absolute atomic E-state index is 0.132. The minimum Gasteiger partial charge on any atom is -0.459 e. The first-order valence-corrected chi connectivity index (χ1v) is 6.71. The molecule has 0 saturated heterocycles. The van der Waals surface area contributed by atoms with E-state index in [1.54, 1.807) is 12.1 Å². The van der Waals surface area contributed by atoms with Crippen molar-refractivity contribution in [2.24, 2.45) is 0 Å². The van der Waals surface area contributed by atoms with Gasteiger partial charge < -0.3 is 19.6 Å². The Labute approximate surface area is 131 Å². The van der Waals surface area contributed by atoms with Crippen molar-refractivity contribution in [3.8, 4) is 0 Å². The van der Waals surface area contributed by atoms with Gasteiger partial charge in [-0.05, 0) is 25.1 Å². The summed E-state index contributed by atoms with van der Waals surface area (Å²) in [5.41, 5.74) is 5.49. The van der Waals surface area contributed by atoms with E-state index in [0.29, 0.717) is 11.1 Å². The van der Waals surface area contributed by atoms with Crippen LogP contribution in [0.2, 0.25) is 0 Å². The molecule has 1 aromatic heterocycles. The van der Waals surface area contributed by atoms with Gasteiger partial charge in [0.2, 0.25) is 0 Å². The molecular formula is C16H15NO6. The SMILES string of the molecule is C=C(C)C(=O)OCCOC(=O)c1cc2ccc(N)cc2oc1=O. The number of anilines is 1. The van der Waals surface area contributed by atoms with Crippen LogP contribution in [0.3, 0.4) is 0 Å². The van der Waals surface area contributed by atoms with E-state index in [1.807, 2.05) is 0 Å². The third kappa shape index (κ3) is 3.97. The van der Waals surface area contributed by atoms with Crippen molar-refractivity contribution in [3.63, 3.8) is 0 Å². The number of hydrogen-bond acceptors (Lipinski definition) is 7. The number of nitrogens with two attached hydrogens (primary N) is 1. The van der Waals surface area contributed by atoms with Crippen molar-refractivity contribution in [2.75, 3.05) is 18.9 Å². The molecule has 0 bridgehead atoms. The van der Waals surface area contributed by atoms with Gasteiger partial charge in [0, 0.05) is 22.7 Å². The molecule has 2 rings (SSSR count). The van der Waals surface area contributed by atoms with Crippen LogP contribution in [0, 0.1) is 0 Å². The van der Waals surface area contributed by atoms with Gasteiger partial charge in [0.05, 0.1) is 0 Å². The van der Waals surface area contributed by atoms with Gasteiger partial charge in [-0.3, -0.25) is 0 Å². The molecule has 0 saturated carbocycles. The molecule has 7 nitrogen and oxygen atoms in total. The summed E-state index contributed by atoms with van der Waals surface area (Å²) in [6.45, 7) is 4.60. The molecule has 120 valence electrons. The molecule has 0 atom stereocenters. The molecule has 0 aliphatic heterocycles. The summed E-state index contributed by atoms with van der Waals surface area (Å²) in [6, 6.07) is 6.10. The van der Waals surface area contributed by atoms with Crippen molar-refractivity contribution >= 4 is 28.6 Å². The average Bonchev–Trinajstić information content (AvgIpc) is 2.50. The van der Waals surface area contributed by atoms with E-state index < -0.39 is 17.6 Å². The van der Waals surface area contributed by atoms with Crippen LogP contribution in [-0.2, 0) is 14.3 Å². The lowest BCUT2D eigenvalue weighted by Crippen LogP contribution is -2.19. The standard InChI is InChI=1S/C16H15NO6/c1-9(2)14(18)21-5-6-22-15(19)12-7-10-3-4-11(17)8-13(10)23-16(12)20/h3-4,7-8H,1,5-6,17H2,2H3. The van der Waals surface area contributed by atoms with Crippen molar-refractivity contribution in [1.82, 2.24) is 0 Å². The molecule has 0 aliphatic carbocycles. The van der Waals surface area contributed by atoms with Gasteiger partial charge in [-0.25, -0.2) is 14.4 Å². The molecule has 1 aromatic carbocycles. The molecule has 2 aromatic rings. The van der Waals surface area contributed by atoms with Gasteiger partial charge in [0.15, 0.2) is 0 Å². The van der Waals surface area contributed by atoms with Crippen LogP contribution in [0.5, 0.6) is 0 Å². The monoisotopic (exact) mass is 317 g/mol. The fourth-order valence-corrected chi connectivity index (χ4v) is 1.74. The normalized spacial score (nSPS) is 10.3. The first kappa shape index (κ1) is 16.3. The second-order valence-electron chi connectivity index (χ2n) is 4.80. The Hall–Kier alpha value is -3.09. The smallest absolute Gasteiger partial charge is 0.351 e. The number of carbonyl (C=O) groups is 2. The summed E-state index contributed by atoms with van der Waals surface area (Å²) < 4.78 is 14.7. The number of nitrogen functional groups attached to an aromatic ring is 1. The molecule has 2 N–H and O–H groups in total. The highest BCUT2D eigenvalue weighted by molar-refractivity contribution is 5.93. The number of esters is 2. The predicted molar refractivity (Wildman–Crippen MR) is 83.0 cm³/mol. The molecule has 0 radical (unpaired) electrons. The van der Waals surface area contributed by atoms with Crippen molar-refractivity contribution < 1.29 is 23.5 Å². The Morgan fingerprint density at radius 3 is 2.61 bits per heavy atom. The maximum absolute atomic E-state index is 11.9. The maximum atomic E-state index is 11.9. The predicted octanol–water partition coefficient (Wildman–Crippen LogP) is 1.65. The number of fused-ring (bicyclic) bond motifs is 1. The zero-order valence-corrected chi connectivity index (χ0v) is 12.5. The van der Waals surface area contributed by atoms with Crippen LogP contribution in [0.1, 0.15) is 17.3 Å². The summed E-state index contributed by atoms with van der Waals surface area (Å²) in [5, 5.41) is 0.541. The van der Waals surface area contributed by atoms with Gasteiger partial charge >= 0.3 is 17.6 Å². The zero-order valence-electron chi connectivity index (χ0n) is 12.5. The van der Waals surface area contributed by atoms with E-state index in [9.17, 15) is 14.4 Å². The average molecular weight is 317 g/mol. The van der Waals surface area contributed by atoms with Crippen LogP contribution in [0.4, 0.5) is 5.69 Å². The van der Waals surface area contributed by atoms with Crippen LogP contribution < -0.4 is 11.4 Å². The van der Waals surface area contributed by atoms with E-state index in [2.05, 4.69) is 6.58 Å². The third-order valence-electron chi connectivity index (χ3n) is 2.88. The molecule has 0 unspecified atom stereocenters. The molecule has 0 fully saturated rings. The Kier molecular flexibility index (Phi) is 4.80. The lowest BCUT2D eigenvalue weighted by Gasteiger charge is -2.06. The number of carbonyl (C=O) groups excluding carboxylic acids is 2. The molecule has 7 heteroatoms. The van der Waals surface area contributed by atoms with Gasteiger partial charge in [-0.2, -0.15) is 0 Å². The Bertz CT molecular complexity index is 836. The van der Waals surface area contributed by atoms with Crippen molar-refractivity contribution in [1.29, 1.82) is 0 Å². The van der Waals surface area contributed by atoms with Crippen molar-refractivity contribution in [3.05, 3.63) is 52.4 Å². The number of hydrogen-bond donors (Lipinski definition) is 1. The lowest BCUT2D eigenvalue weighted by atomic mass is 10.2. The van der Waals surface area contributed by atoms with Crippen LogP contribution in [0.15, 0.2) is 45.6 Å². The Morgan fingerprint density at radius 1 is 1.22 bits per heavy atom. The van der Waals surface area contributed by atoms with E-state index in [1.165, 1.54) is 19.1 Å². The highest BCUT2D eigenvalue weighted by Crippen LogP contribution is 2.17. The summed E-state index contributed by atoms with van der Waals surface area (Å²) in [5.74, 6) is -1.44. The fourth-order valence-electron chi connectivity index (χ4n) is 1.74. The number of ether oxygens (including phenoxy) is 2. The first-order chi connectivity index (χ1) is 10.9. The first-order valence-electron chi connectivity index (χ1n) is 6.71. The quantitative estimate of drug-likeness (QED) is 0.293. The molecule has 0 spiro atoms. The number of rotatable bonds is 5. The van der Waals surface area contributed by atoms with E-state index in [0.717, 1.165) is 0 Å². The molecule has 1 heterocycles. The van der Waals surface area contributed by atoms with Gasteiger partial charge in [-0.1, -0.05) is 6.58 Å². The fraction of sp³-hybridized carbons (Fsp3) is 0.188. The molecule has 23 heavy (non-hydrogen) atoms. The topological polar surface area (TPSA) is 109 Å². The lowest BCUT2D eigenvalue weighted by molar-refractivity contribution is -0.140. The summed E-state index contributed by atoms with van der Waals surface area (Å²) >= 11 is 0. The minimum atomic E-state index is -0.858. The van der Waals surface area contributed by atoms with Crippen molar-refractivity contribution in [2.45, 2.75) is 6.92 Å². The Morgan fingerprint density at radius 2 is 1.91 bits per heavy atom. The second kappa shape index (κ2) is 6.78. The summed E-state index contributed by atoms with van der Waals surface area (Å²) in [7, 11) is 0. The molecule has 0 amide bonds.